The second-order valence-corrected chi connectivity index (χ2v) is 1.87. The van der Waals surface area contributed by atoms with Crippen LogP contribution in [0.3, 0.4) is 0 Å². The summed E-state index contributed by atoms with van der Waals surface area (Å²) in [6.07, 6.45) is 0.212. The maximum atomic E-state index is 10.6. The largest absolute Gasteiger partial charge is 0.511 e. The molecule has 0 aliphatic carbocycles. The molecule has 0 saturated carbocycles. The topological polar surface area (TPSA) is 60.8 Å². The molecule has 0 aromatic rings. The average molecular weight is 145 g/mol. The van der Waals surface area contributed by atoms with Crippen molar-refractivity contribution in [1.82, 2.24) is 5.06 Å². The van der Waals surface area contributed by atoms with E-state index in [1.165, 1.54) is 0 Å². The molecule has 0 unspecified atom stereocenters. The predicted molar refractivity (Wildman–Crippen MR) is 35.6 cm³/mol. The van der Waals surface area contributed by atoms with E-state index in [1.54, 1.807) is 6.92 Å². The van der Waals surface area contributed by atoms with E-state index >= 15 is 0 Å². The lowest BCUT2D eigenvalue weighted by atomic mass is 10.4. The number of hydroxylamine groups is 2. The lowest BCUT2D eigenvalue weighted by molar-refractivity contribution is -0.164. The first-order valence-corrected chi connectivity index (χ1v) is 2.94. The Bertz CT molecular complexity index is 144. The van der Waals surface area contributed by atoms with Crippen LogP contribution in [-0.2, 0) is 4.79 Å². The summed E-state index contributed by atoms with van der Waals surface area (Å²) in [5.41, 5.74) is 0. The quantitative estimate of drug-likeness (QED) is 0.349. The summed E-state index contributed by atoms with van der Waals surface area (Å²) < 4.78 is 0. The van der Waals surface area contributed by atoms with Gasteiger partial charge in [0.05, 0.1) is 0 Å². The second kappa shape index (κ2) is 3.90. The summed E-state index contributed by atoms with van der Waals surface area (Å²) in [7, 11) is 0. The van der Waals surface area contributed by atoms with Crippen molar-refractivity contribution in [2.45, 2.75) is 13.3 Å². The molecule has 4 heteroatoms. The highest BCUT2D eigenvalue weighted by molar-refractivity contribution is 5.74. The van der Waals surface area contributed by atoms with Crippen LogP contribution in [-0.4, -0.2) is 27.8 Å². The summed E-state index contributed by atoms with van der Waals surface area (Å²) in [6.45, 7) is 4.51. The third-order valence-electron chi connectivity index (χ3n) is 0.923. The molecule has 0 saturated heterocycles. The van der Waals surface area contributed by atoms with E-state index in [0.717, 1.165) is 0 Å². The Morgan fingerprint density at radius 2 is 2.20 bits per heavy atom. The van der Waals surface area contributed by atoms with E-state index in [1.807, 2.05) is 0 Å². The van der Waals surface area contributed by atoms with Gasteiger partial charge in [-0.05, 0) is 0 Å². The Morgan fingerprint density at radius 1 is 1.70 bits per heavy atom. The van der Waals surface area contributed by atoms with Crippen LogP contribution in [0.2, 0.25) is 0 Å². The molecule has 4 nitrogen and oxygen atoms in total. The van der Waals surface area contributed by atoms with Gasteiger partial charge in [0.2, 0.25) is 5.91 Å². The van der Waals surface area contributed by atoms with Gasteiger partial charge in [-0.3, -0.25) is 10.0 Å². The summed E-state index contributed by atoms with van der Waals surface area (Å²) >= 11 is 0. The van der Waals surface area contributed by atoms with E-state index in [2.05, 4.69) is 6.58 Å². The number of nitrogens with zero attached hydrogens (tertiary/aromatic N) is 1. The first-order chi connectivity index (χ1) is 4.57. The van der Waals surface area contributed by atoms with E-state index in [9.17, 15) is 4.79 Å². The fourth-order valence-electron chi connectivity index (χ4n) is 0.444. The van der Waals surface area contributed by atoms with Gasteiger partial charge in [0, 0.05) is 6.42 Å². The van der Waals surface area contributed by atoms with E-state index in [-0.39, 0.29) is 18.7 Å². The van der Waals surface area contributed by atoms with Crippen LogP contribution in [0.5, 0.6) is 0 Å². The number of hydrogen-bond donors (Lipinski definition) is 2. The van der Waals surface area contributed by atoms with E-state index in [0.29, 0.717) is 5.06 Å². The Morgan fingerprint density at radius 3 is 2.50 bits per heavy atom. The van der Waals surface area contributed by atoms with Crippen molar-refractivity contribution in [2.75, 3.05) is 6.54 Å². The SMILES string of the molecule is C=C(O)CN(O)C(=O)CC. The first kappa shape index (κ1) is 8.97. The summed E-state index contributed by atoms with van der Waals surface area (Å²) in [5.74, 6) is -0.667. The van der Waals surface area contributed by atoms with Crippen molar-refractivity contribution in [3.63, 3.8) is 0 Å². The minimum atomic E-state index is -0.435. The maximum absolute atomic E-state index is 10.6. The average Bonchev–Trinajstić information content (AvgIpc) is 1.85. The van der Waals surface area contributed by atoms with Crippen LogP contribution in [0.15, 0.2) is 12.3 Å². The molecule has 0 aromatic carbocycles. The third-order valence-corrected chi connectivity index (χ3v) is 0.923. The van der Waals surface area contributed by atoms with Crippen LogP contribution in [0.4, 0.5) is 0 Å². The predicted octanol–water partition coefficient (Wildman–Crippen LogP) is 0.686. The number of amides is 1. The van der Waals surface area contributed by atoms with Crippen LogP contribution < -0.4 is 0 Å². The molecule has 0 atom stereocenters. The van der Waals surface area contributed by atoms with Gasteiger partial charge in [-0.2, -0.15) is 0 Å². The van der Waals surface area contributed by atoms with Crippen molar-refractivity contribution >= 4 is 5.91 Å². The van der Waals surface area contributed by atoms with Crippen LogP contribution in [0.25, 0.3) is 0 Å². The molecule has 10 heavy (non-hydrogen) atoms. The number of hydrogen-bond acceptors (Lipinski definition) is 3. The molecule has 0 aliphatic heterocycles. The van der Waals surface area contributed by atoms with Crippen molar-refractivity contribution in [2.24, 2.45) is 0 Å². The number of carbonyl (C=O) groups excluding carboxylic acids is 1. The highest BCUT2D eigenvalue weighted by atomic mass is 16.5. The molecule has 0 radical (unpaired) electrons. The van der Waals surface area contributed by atoms with Crippen molar-refractivity contribution < 1.29 is 15.1 Å². The molecule has 0 aromatic heterocycles. The number of aliphatic hydroxyl groups is 1. The zero-order valence-electron chi connectivity index (χ0n) is 5.87. The molecule has 0 aliphatic rings. The fourth-order valence-corrected chi connectivity index (χ4v) is 0.444. The molecule has 1 amide bonds. The summed E-state index contributed by atoms with van der Waals surface area (Å²) in [6, 6.07) is 0. The van der Waals surface area contributed by atoms with Crippen molar-refractivity contribution in [3.05, 3.63) is 12.3 Å². The Labute approximate surface area is 59.3 Å². The second-order valence-electron chi connectivity index (χ2n) is 1.87. The number of aliphatic hydroxyl groups excluding tert-OH is 1. The van der Waals surface area contributed by atoms with Gasteiger partial charge in [0.25, 0.3) is 0 Å². The normalized spacial score (nSPS) is 9.00. The van der Waals surface area contributed by atoms with E-state index in [4.69, 9.17) is 10.3 Å². The zero-order chi connectivity index (χ0) is 8.15. The molecule has 0 spiro atoms. The summed E-state index contributed by atoms with van der Waals surface area (Å²) in [4.78, 5) is 10.6. The molecular weight excluding hydrogens is 134 g/mol. The number of carbonyl (C=O) groups is 1. The number of rotatable bonds is 3. The van der Waals surface area contributed by atoms with Crippen molar-refractivity contribution in [1.29, 1.82) is 0 Å². The van der Waals surface area contributed by atoms with Gasteiger partial charge in [-0.1, -0.05) is 13.5 Å². The molecular formula is C6H11NO3. The Kier molecular flexibility index (Phi) is 3.49. The molecule has 0 heterocycles. The first-order valence-electron chi connectivity index (χ1n) is 2.94. The zero-order valence-corrected chi connectivity index (χ0v) is 5.87. The van der Waals surface area contributed by atoms with Gasteiger partial charge in [-0.15, -0.1) is 0 Å². The molecule has 0 fully saturated rings. The molecule has 0 bridgehead atoms. The monoisotopic (exact) mass is 145 g/mol. The van der Waals surface area contributed by atoms with Gasteiger partial charge in [0.1, 0.15) is 12.3 Å². The molecule has 0 rings (SSSR count). The standard InChI is InChI=1S/C6H11NO3/c1-3-6(9)7(10)4-5(2)8/h8,10H,2-4H2,1H3. The minimum Gasteiger partial charge on any atom is -0.511 e. The Hall–Kier alpha value is -1.03. The van der Waals surface area contributed by atoms with E-state index < -0.39 is 5.91 Å². The highest BCUT2D eigenvalue weighted by Crippen LogP contribution is 1.92. The smallest absolute Gasteiger partial charge is 0.246 e. The maximum Gasteiger partial charge on any atom is 0.246 e. The highest BCUT2D eigenvalue weighted by Gasteiger charge is 2.07. The summed E-state index contributed by atoms with van der Waals surface area (Å²) in [5, 5.41) is 17.7. The minimum absolute atomic E-state index is 0.212. The van der Waals surface area contributed by atoms with Gasteiger partial charge in [0.15, 0.2) is 0 Å². The van der Waals surface area contributed by atoms with Gasteiger partial charge >= 0.3 is 0 Å². The molecule has 2 N–H and O–H groups in total. The Balaban J connectivity index is 3.72. The lowest BCUT2D eigenvalue weighted by Gasteiger charge is -2.11. The van der Waals surface area contributed by atoms with Gasteiger partial charge < -0.3 is 5.11 Å². The lowest BCUT2D eigenvalue weighted by Crippen LogP contribution is -2.28. The van der Waals surface area contributed by atoms with Crippen LogP contribution in [0.1, 0.15) is 13.3 Å². The van der Waals surface area contributed by atoms with Gasteiger partial charge in [-0.25, -0.2) is 5.06 Å². The van der Waals surface area contributed by atoms with Crippen LogP contribution >= 0.6 is 0 Å². The molecule has 58 valence electrons. The third kappa shape index (κ3) is 3.09. The van der Waals surface area contributed by atoms with Crippen molar-refractivity contribution in [3.8, 4) is 0 Å². The fraction of sp³-hybridized carbons (Fsp3) is 0.500. The van der Waals surface area contributed by atoms with Crippen LogP contribution in [0, 0.1) is 0 Å².